The van der Waals surface area contributed by atoms with Gasteiger partial charge in [0, 0.05) is 17.1 Å². The van der Waals surface area contributed by atoms with Crippen molar-refractivity contribution < 1.29 is 9.53 Å². The molecule has 7 heteroatoms. The zero-order chi connectivity index (χ0) is 16.5. The van der Waals surface area contributed by atoms with Crippen LogP contribution in [0.25, 0.3) is 28.0 Å². The Kier molecular flexibility index (Phi) is 3.31. The van der Waals surface area contributed by atoms with E-state index in [0.29, 0.717) is 11.4 Å². The lowest BCUT2D eigenvalue weighted by atomic mass is 10.1. The minimum atomic E-state index is -0.411. The SMILES string of the molecule is COC(=O)c1ccnc(-n2nccc2-c2ccc3cn[nH]c3c2)c1. The van der Waals surface area contributed by atoms with Crippen LogP contribution in [0.3, 0.4) is 0 Å². The molecule has 3 aromatic heterocycles. The van der Waals surface area contributed by atoms with Crippen LogP contribution < -0.4 is 0 Å². The molecule has 24 heavy (non-hydrogen) atoms. The van der Waals surface area contributed by atoms with Crippen molar-refractivity contribution in [1.29, 1.82) is 0 Å². The van der Waals surface area contributed by atoms with Gasteiger partial charge in [-0.2, -0.15) is 10.2 Å². The Morgan fingerprint density at radius 1 is 1.17 bits per heavy atom. The Labute approximate surface area is 136 Å². The minimum absolute atomic E-state index is 0.411. The van der Waals surface area contributed by atoms with Crippen LogP contribution >= 0.6 is 0 Å². The van der Waals surface area contributed by atoms with Crippen LogP contribution in [0.15, 0.2) is 55.0 Å². The third-order valence-electron chi connectivity index (χ3n) is 3.76. The number of pyridine rings is 1. The Morgan fingerprint density at radius 2 is 2.08 bits per heavy atom. The fourth-order valence-electron chi connectivity index (χ4n) is 2.58. The first-order chi connectivity index (χ1) is 11.8. The van der Waals surface area contributed by atoms with Crippen molar-refractivity contribution in [2.75, 3.05) is 7.11 Å². The van der Waals surface area contributed by atoms with E-state index < -0.39 is 5.97 Å². The number of fused-ring (bicyclic) bond motifs is 1. The highest BCUT2D eigenvalue weighted by Gasteiger charge is 2.12. The van der Waals surface area contributed by atoms with Crippen molar-refractivity contribution in [3.8, 4) is 17.1 Å². The zero-order valence-electron chi connectivity index (χ0n) is 12.8. The van der Waals surface area contributed by atoms with E-state index in [0.717, 1.165) is 22.2 Å². The van der Waals surface area contributed by atoms with Crippen molar-refractivity contribution >= 4 is 16.9 Å². The lowest BCUT2D eigenvalue weighted by Gasteiger charge is -2.08. The zero-order valence-corrected chi connectivity index (χ0v) is 12.8. The van der Waals surface area contributed by atoms with Crippen molar-refractivity contribution in [3.63, 3.8) is 0 Å². The number of hydrogen-bond donors (Lipinski definition) is 1. The number of carbonyl (C=O) groups excluding carboxylic acids is 1. The molecule has 0 aliphatic carbocycles. The molecule has 0 spiro atoms. The topological polar surface area (TPSA) is 85.7 Å². The van der Waals surface area contributed by atoms with E-state index in [-0.39, 0.29) is 0 Å². The average Bonchev–Trinajstić information content (AvgIpc) is 3.29. The van der Waals surface area contributed by atoms with E-state index in [1.807, 2.05) is 24.3 Å². The monoisotopic (exact) mass is 319 g/mol. The molecule has 4 rings (SSSR count). The molecule has 0 saturated heterocycles. The van der Waals surface area contributed by atoms with Crippen molar-refractivity contribution in [2.45, 2.75) is 0 Å². The van der Waals surface area contributed by atoms with Crippen molar-refractivity contribution in [1.82, 2.24) is 25.0 Å². The third-order valence-corrected chi connectivity index (χ3v) is 3.76. The summed E-state index contributed by atoms with van der Waals surface area (Å²) in [7, 11) is 1.35. The third kappa shape index (κ3) is 2.32. The van der Waals surface area contributed by atoms with Crippen LogP contribution in [0, 0.1) is 0 Å². The van der Waals surface area contributed by atoms with Gasteiger partial charge < -0.3 is 4.74 Å². The molecule has 0 saturated carbocycles. The molecule has 0 aliphatic heterocycles. The predicted octanol–water partition coefficient (Wildman–Crippen LogP) is 2.60. The summed E-state index contributed by atoms with van der Waals surface area (Å²) in [5, 5.41) is 12.4. The maximum absolute atomic E-state index is 11.7. The van der Waals surface area contributed by atoms with Crippen LogP contribution in [0.4, 0.5) is 0 Å². The number of aromatic nitrogens is 5. The summed E-state index contributed by atoms with van der Waals surface area (Å²) >= 11 is 0. The number of nitrogens with zero attached hydrogens (tertiary/aromatic N) is 4. The van der Waals surface area contributed by atoms with Gasteiger partial charge in [0.15, 0.2) is 5.82 Å². The number of ether oxygens (including phenoxy) is 1. The molecule has 7 nitrogen and oxygen atoms in total. The van der Waals surface area contributed by atoms with E-state index in [1.165, 1.54) is 7.11 Å². The summed E-state index contributed by atoms with van der Waals surface area (Å²) in [5.41, 5.74) is 3.19. The largest absolute Gasteiger partial charge is 0.465 e. The van der Waals surface area contributed by atoms with Crippen LogP contribution in [0.2, 0.25) is 0 Å². The molecule has 0 atom stereocenters. The van der Waals surface area contributed by atoms with Gasteiger partial charge in [0.25, 0.3) is 0 Å². The first kappa shape index (κ1) is 14.1. The minimum Gasteiger partial charge on any atom is -0.465 e. The number of nitrogens with one attached hydrogen (secondary N) is 1. The van der Waals surface area contributed by atoms with E-state index in [1.54, 1.807) is 35.4 Å². The lowest BCUT2D eigenvalue weighted by Crippen LogP contribution is -2.06. The van der Waals surface area contributed by atoms with Crippen LogP contribution in [0.1, 0.15) is 10.4 Å². The number of benzene rings is 1. The van der Waals surface area contributed by atoms with Crippen molar-refractivity contribution in [3.05, 3.63) is 60.6 Å². The first-order valence-corrected chi connectivity index (χ1v) is 7.28. The molecular weight excluding hydrogens is 306 g/mol. The molecule has 3 heterocycles. The van der Waals surface area contributed by atoms with Crippen LogP contribution in [0.5, 0.6) is 0 Å². The van der Waals surface area contributed by atoms with Crippen LogP contribution in [-0.4, -0.2) is 38.0 Å². The second-order valence-electron chi connectivity index (χ2n) is 5.19. The van der Waals surface area contributed by atoms with Gasteiger partial charge >= 0.3 is 5.97 Å². The number of methoxy groups -OCH3 is 1. The second-order valence-corrected chi connectivity index (χ2v) is 5.19. The molecule has 0 fully saturated rings. The number of hydrogen-bond acceptors (Lipinski definition) is 5. The van der Waals surface area contributed by atoms with Gasteiger partial charge in [-0.1, -0.05) is 12.1 Å². The first-order valence-electron chi connectivity index (χ1n) is 7.28. The van der Waals surface area contributed by atoms with Gasteiger partial charge in [0.1, 0.15) is 0 Å². The average molecular weight is 319 g/mol. The molecule has 1 N–H and O–H groups in total. The molecule has 0 bridgehead atoms. The molecule has 4 aromatic rings. The highest BCUT2D eigenvalue weighted by molar-refractivity contribution is 5.89. The Hall–Kier alpha value is -3.48. The summed E-state index contributed by atoms with van der Waals surface area (Å²) < 4.78 is 6.44. The fourth-order valence-corrected chi connectivity index (χ4v) is 2.58. The van der Waals surface area contributed by atoms with Crippen LogP contribution in [-0.2, 0) is 4.74 Å². The molecule has 1 aromatic carbocycles. The van der Waals surface area contributed by atoms with Gasteiger partial charge in [-0.3, -0.25) is 5.10 Å². The van der Waals surface area contributed by atoms with E-state index in [4.69, 9.17) is 4.74 Å². The molecule has 0 unspecified atom stereocenters. The number of rotatable bonds is 3. The fraction of sp³-hybridized carbons (Fsp3) is 0.0588. The predicted molar refractivity (Wildman–Crippen MR) is 87.8 cm³/mol. The van der Waals surface area contributed by atoms with Crippen molar-refractivity contribution in [2.24, 2.45) is 0 Å². The summed E-state index contributed by atoms with van der Waals surface area (Å²) in [4.78, 5) is 16.0. The van der Waals surface area contributed by atoms with Gasteiger partial charge in [-0.25, -0.2) is 14.5 Å². The lowest BCUT2D eigenvalue weighted by molar-refractivity contribution is 0.0600. The van der Waals surface area contributed by atoms with E-state index in [2.05, 4.69) is 20.3 Å². The molecule has 0 radical (unpaired) electrons. The summed E-state index contributed by atoms with van der Waals surface area (Å²) in [5.74, 6) is 0.133. The van der Waals surface area contributed by atoms with Gasteiger partial charge in [0.2, 0.25) is 0 Å². The Bertz CT molecular complexity index is 1030. The van der Waals surface area contributed by atoms with Gasteiger partial charge in [-0.05, 0) is 24.3 Å². The maximum Gasteiger partial charge on any atom is 0.338 e. The Balaban J connectivity index is 1.81. The van der Waals surface area contributed by atoms with E-state index in [9.17, 15) is 4.79 Å². The number of H-pyrrole nitrogens is 1. The van der Waals surface area contributed by atoms with Gasteiger partial charge in [0.05, 0.1) is 36.3 Å². The quantitative estimate of drug-likeness (QED) is 0.587. The normalized spacial score (nSPS) is 10.9. The summed E-state index contributed by atoms with van der Waals surface area (Å²) in [6.45, 7) is 0. The van der Waals surface area contributed by atoms with E-state index >= 15 is 0 Å². The second kappa shape index (κ2) is 5.62. The summed E-state index contributed by atoms with van der Waals surface area (Å²) in [6.07, 6.45) is 5.03. The Morgan fingerprint density at radius 3 is 2.96 bits per heavy atom. The van der Waals surface area contributed by atoms with Gasteiger partial charge in [-0.15, -0.1) is 0 Å². The molecular formula is C17H13N5O2. The standard InChI is InChI=1S/C17H13N5O2/c1-24-17(23)12-4-6-18-16(9-12)22-15(5-7-20-22)11-2-3-13-10-19-21-14(13)8-11/h2-10H,1H3,(H,19,21). The number of carbonyl (C=O) groups is 1. The highest BCUT2D eigenvalue weighted by Crippen LogP contribution is 2.25. The maximum atomic E-state index is 11.7. The molecule has 118 valence electrons. The molecule has 0 amide bonds. The number of aromatic amines is 1. The number of esters is 1. The highest BCUT2D eigenvalue weighted by atomic mass is 16.5. The summed E-state index contributed by atoms with van der Waals surface area (Å²) in [6, 6.07) is 11.1. The smallest absolute Gasteiger partial charge is 0.338 e. The molecule has 0 aliphatic rings.